The highest BCUT2D eigenvalue weighted by atomic mass is 32.2. The monoisotopic (exact) mass is 378 g/mol. The summed E-state index contributed by atoms with van der Waals surface area (Å²) in [4.78, 5) is 11.7. The summed E-state index contributed by atoms with van der Waals surface area (Å²) in [5.41, 5.74) is 0.244. The topological polar surface area (TPSA) is 89.9 Å². The molecule has 0 atom stereocenters. The van der Waals surface area contributed by atoms with Crippen molar-refractivity contribution >= 4 is 16.1 Å². The molecule has 0 aliphatic rings. The van der Waals surface area contributed by atoms with Crippen LogP contribution < -0.4 is 9.47 Å². The largest absolute Gasteiger partial charge is 0.494 e. The van der Waals surface area contributed by atoms with Gasteiger partial charge in [-0.25, -0.2) is 4.79 Å². The number of para-hydroxylation sites is 1. The molecule has 0 saturated heterocycles. The fourth-order valence-electron chi connectivity index (χ4n) is 2.31. The van der Waals surface area contributed by atoms with Gasteiger partial charge in [0, 0.05) is 0 Å². The average Bonchev–Trinajstić information content (AvgIpc) is 2.61. The molecule has 1 N–H and O–H groups in total. The SMILES string of the molecule is CCCCCCOc1ccc(C(=O)Oc2ccccc2S(=O)(=O)O)cc1. The molecule has 0 amide bonds. The van der Waals surface area contributed by atoms with Crippen LogP contribution in [-0.4, -0.2) is 25.5 Å². The first-order chi connectivity index (χ1) is 12.4. The zero-order valence-electron chi connectivity index (χ0n) is 14.6. The zero-order chi connectivity index (χ0) is 19.0. The number of esters is 1. The van der Waals surface area contributed by atoms with Crippen molar-refractivity contribution in [3.8, 4) is 11.5 Å². The van der Waals surface area contributed by atoms with Gasteiger partial charge in [-0.3, -0.25) is 4.55 Å². The first-order valence-electron chi connectivity index (χ1n) is 8.43. The third kappa shape index (κ3) is 5.86. The van der Waals surface area contributed by atoms with Crippen LogP contribution in [-0.2, 0) is 10.1 Å². The van der Waals surface area contributed by atoms with Crippen molar-refractivity contribution in [2.24, 2.45) is 0 Å². The van der Waals surface area contributed by atoms with Gasteiger partial charge in [-0.2, -0.15) is 8.42 Å². The van der Waals surface area contributed by atoms with E-state index in [2.05, 4.69) is 6.92 Å². The maximum atomic E-state index is 12.2. The minimum Gasteiger partial charge on any atom is -0.494 e. The molecular formula is C19H22O6S. The van der Waals surface area contributed by atoms with E-state index in [4.69, 9.17) is 9.47 Å². The Balaban J connectivity index is 1.99. The molecule has 0 unspecified atom stereocenters. The predicted molar refractivity (Wildman–Crippen MR) is 97.3 cm³/mol. The Morgan fingerprint density at radius 3 is 2.35 bits per heavy atom. The van der Waals surface area contributed by atoms with Gasteiger partial charge in [-0.15, -0.1) is 0 Å². The van der Waals surface area contributed by atoms with Crippen molar-refractivity contribution < 1.29 is 27.2 Å². The quantitative estimate of drug-likeness (QED) is 0.306. The highest BCUT2D eigenvalue weighted by Gasteiger charge is 2.19. The van der Waals surface area contributed by atoms with Crippen molar-refractivity contribution in [2.45, 2.75) is 37.5 Å². The Labute approximate surface area is 153 Å². The standard InChI is InChI=1S/C19H22O6S/c1-2-3-4-7-14-24-16-12-10-15(11-13-16)19(20)25-17-8-5-6-9-18(17)26(21,22)23/h5-6,8-13H,2-4,7,14H2,1H3,(H,21,22,23). The molecule has 0 bridgehead atoms. The lowest BCUT2D eigenvalue weighted by atomic mass is 10.2. The first kappa shape index (κ1) is 19.9. The summed E-state index contributed by atoms with van der Waals surface area (Å²) in [6.45, 7) is 2.76. The number of benzene rings is 2. The predicted octanol–water partition coefficient (Wildman–Crippen LogP) is 4.11. The number of carbonyl (C=O) groups excluding carboxylic acids is 1. The van der Waals surface area contributed by atoms with Crippen molar-refractivity contribution in [2.75, 3.05) is 6.61 Å². The van der Waals surface area contributed by atoms with E-state index in [1.165, 1.54) is 24.6 Å². The molecule has 0 saturated carbocycles. The van der Waals surface area contributed by atoms with E-state index >= 15 is 0 Å². The average molecular weight is 378 g/mol. The number of ether oxygens (including phenoxy) is 2. The number of unbranched alkanes of at least 4 members (excludes halogenated alkanes) is 3. The van der Waals surface area contributed by atoms with E-state index in [9.17, 15) is 17.8 Å². The maximum absolute atomic E-state index is 12.2. The Morgan fingerprint density at radius 1 is 1.00 bits per heavy atom. The molecule has 2 aromatic rings. The van der Waals surface area contributed by atoms with Gasteiger partial charge in [0.2, 0.25) is 0 Å². The van der Waals surface area contributed by atoms with Crippen LogP contribution in [0.15, 0.2) is 53.4 Å². The van der Waals surface area contributed by atoms with Crippen molar-refractivity contribution in [3.63, 3.8) is 0 Å². The molecule has 140 valence electrons. The minimum absolute atomic E-state index is 0.226. The Kier molecular flexibility index (Phi) is 7.17. The molecule has 0 radical (unpaired) electrons. The lowest BCUT2D eigenvalue weighted by molar-refractivity contribution is 0.0730. The number of carbonyl (C=O) groups is 1. The first-order valence-corrected chi connectivity index (χ1v) is 9.87. The van der Waals surface area contributed by atoms with Gasteiger partial charge < -0.3 is 9.47 Å². The second-order valence-electron chi connectivity index (χ2n) is 5.74. The summed E-state index contributed by atoms with van der Waals surface area (Å²) >= 11 is 0. The van der Waals surface area contributed by atoms with Crippen LogP contribution >= 0.6 is 0 Å². The van der Waals surface area contributed by atoms with E-state index in [1.54, 1.807) is 24.3 Å². The zero-order valence-corrected chi connectivity index (χ0v) is 15.4. The molecule has 2 rings (SSSR count). The van der Waals surface area contributed by atoms with Crippen LogP contribution in [0.1, 0.15) is 43.0 Å². The Bertz CT molecular complexity index is 827. The fraction of sp³-hybridized carbons (Fsp3) is 0.316. The van der Waals surface area contributed by atoms with Gasteiger partial charge in [0.25, 0.3) is 10.1 Å². The number of rotatable bonds is 9. The van der Waals surface area contributed by atoms with Crippen molar-refractivity contribution in [3.05, 3.63) is 54.1 Å². The highest BCUT2D eigenvalue weighted by molar-refractivity contribution is 7.86. The third-order valence-electron chi connectivity index (χ3n) is 3.69. The fourth-order valence-corrected chi connectivity index (χ4v) is 2.93. The van der Waals surface area contributed by atoms with E-state index in [0.717, 1.165) is 25.3 Å². The molecule has 0 aliphatic heterocycles. The number of hydrogen-bond acceptors (Lipinski definition) is 5. The molecular weight excluding hydrogens is 356 g/mol. The Hall–Kier alpha value is -2.38. The van der Waals surface area contributed by atoms with E-state index in [1.807, 2.05) is 0 Å². The highest BCUT2D eigenvalue weighted by Crippen LogP contribution is 2.24. The van der Waals surface area contributed by atoms with Crippen LogP contribution in [0.25, 0.3) is 0 Å². The number of hydrogen-bond donors (Lipinski definition) is 1. The molecule has 0 aliphatic carbocycles. The molecule has 7 heteroatoms. The van der Waals surface area contributed by atoms with Crippen LogP contribution in [0, 0.1) is 0 Å². The lowest BCUT2D eigenvalue weighted by Crippen LogP contribution is -2.11. The van der Waals surface area contributed by atoms with E-state index in [0.29, 0.717) is 12.4 Å². The van der Waals surface area contributed by atoms with Gasteiger partial charge in [0.05, 0.1) is 12.2 Å². The van der Waals surface area contributed by atoms with Gasteiger partial charge >= 0.3 is 5.97 Å². The smallest absolute Gasteiger partial charge is 0.343 e. The summed E-state index contributed by atoms with van der Waals surface area (Å²) in [6.07, 6.45) is 4.44. The molecule has 0 heterocycles. The molecule has 0 fully saturated rings. The normalized spacial score (nSPS) is 11.2. The third-order valence-corrected chi connectivity index (χ3v) is 4.58. The lowest BCUT2D eigenvalue weighted by Gasteiger charge is -2.09. The van der Waals surface area contributed by atoms with E-state index in [-0.39, 0.29) is 11.3 Å². The summed E-state index contributed by atoms with van der Waals surface area (Å²) in [5, 5.41) is 0. The van der Waals surface area contributed by atoms with Crippen LogP contribution in [0.3, 0.4) is 0 Å². The van der Waals surface area contributed by atoms with Crippen molar-refractivity contribution in [1.82, 2.24) is 0 Å². The molecule has 6 nitrogen and oxygen atoms in total. The second kappa shape index (κ2) is 9.35. The van der Waals surface area contributed by atoms with Crippen LogP contribution in [0.4, 0.5) is 0 Å². The summed E-state index contributed by atoms with van der Waals surface area (Å²) < 4.78 is 42.6. The van der Waals surface area contributed by atoms with Gasteiger partial charge in [0.1, 0.15) is 10.6 Å². The maximum Gasteiger partial charge on any atom is 0.343 e. The second-order valence-corrected chi connectivity index (χ2v) is 7.13. The van der Waals surface area contributed by atoms with E-state index < -0.39 is 21.0 Å². The Morgan fingerprint density at radius 2 is 1.69 bits per heavy atom. The molecule has 26 heavy (non-hydrogen) atoms. The molecule has 2 aromatic carbocycles. The summed E-state index contributed by atoms with van der Waals surface area (Å²) in [5.74, 6) is -0.303. The van der Waals surface area contributed by atoms with Gasteiger partial charge in [-0.05, 0) is 42.8 Å². The summed E-state index contributed by atoms with van der Waals surface area (Å²) in [7, 11) is -4.48. The van der Waals surface area contributed by atoms with Crippen LogP contribution in [0.5, 0.6) is 11.5 Å². The van der Waals surface area contributed by atoms with Crippen LogP contribution in [0.2, 0.25) is 0 Å². The molecule has 0 spiro atoms. The van der Waals surface area contributed by atoms with Gasteiger partial charge in [-0.1, -0.05) is 38.3 Å². The minimum atomic E-state index is -4.48. The summed E-state index contributed by atoms with van der Waals surface area (Å²) in [6, 6.07) is 11.8. The molecule has 0 aromatic heterocycles. The van der Waals surface area contributed by atoms with Gasteiger partial charge in [0.15, 0.2) is 5.75 Å². The van der Waals surface area contributed by atoms with Crippen molar-refractivity contribution in [1.29, 1.82) is 0 Å².